The maximum absolute atomic E-state index is 13.3. The number of aliphatic hydroxyl groups excluding tert-OH is 6. The van der Waals surface area contributed by atoms with Gasteiger partial charge in [0, 0.05) is 44.1 Å². The summed E-state index contributed by atoms with van der Waals surface area (Å²) >= 11 is 0. The lowest BCUT2D eigenvalue weighted by atomic mass is 9.71. The highest BCUT2D eigenvalue weighted by Crippen LogP contribution is 2.41. The van der Waals surface area contributed by atoms with Crippen LogP contribution in [0.3, 0.4) is 0 Å². The lowest BCUT2D eigenvalue weighted by molar-refractivity contribution is -0.308. The van der Waals surface area contributed by atoms with Gasteiger partial charge in [0.2, 0.25) is 0 Å². The summed E-state index contributed by atoms with van der Waals surface area (Å²) in [6.45, 7) is 0.361. The SMILES string of the molecule is NC[C@H]1O[C@H](C2[C@@H](N)C[C@@H](NC(=O)C3(O)CC3N=C(N)N)[C@H](O[C@H]3O[C@H](CO)[C@@H](O)[C@H](N)[C@H]3O)[C@H]2O)[C@H](NC2CNC2)[C@@H](O)[C@@H]1O. The number of hydrogen-bond donors (Lipinski definition) is 15. The Hall–Kier alpha value is -1.86. The normalized spacial score (nSPS) is 49.5. The maximum atomic E-state index is 13.3. The van der Waals surface area contributed by atoms with Crippen molar-refractivity contribution >= 4 is 11.9 Å². The molecular weight excluding hydrogens is 614 g/mol. The molecule has 20 nitrogen and oxygen atoms in total. The van der Waals surface area contributed by atoms with Crippen molar-refractivity contribution in [2.24, 2.45) is 39.6 Å². The zero-order chi connectivity index (χ0) is 33.7. The first-order valence-corrected chi connectivity index (χ1v) is 15.5. The van der Waals surface area contributed by atoms with E-state index in [0.717, 1.165) is 0 Å². The van der Waals surface area contributed by atoms with Gasteiger partial charge in [-0.3, -0.25) is 4.79 Å². The number of amides is 1. The zero-order valence-electron chi connectivity index (χ0n) is 25.2. The molecule has 0 spiro atoms. The first-order chi connectivity index (χ1) is 21.7. The number of ether oxygens (including phenoxy) is 3. The molecule has 0 aromatic heterocycles. The second-order valence-electron chi connectivity index (χ2n) is 13.0. The molecular formula is C26H49N9O11. The zero-order valence-corrected chi connectivity index (χ0v) is 25.2. The van der Waals surface area contributed by atoms with Crippen LogP contribution >= 0.6 is 0 Å². The van der Waals surface area contributed by atoms with Gasteiger partial charge in [-0.05, 0) is 6.42 Å². The molecule has 5 fully saturated rings. The fourth-order valence-corrected chi connectivity index (χ4v) is 6.93. The summed E-state index contributed by atoms with van der Waals surface area (Å²) in [6.07, 6.45) is -13.7. The van der Waals surface area contributed by atoms with Gasteiger partial charge in [0.15, 0.2) is 17.9 Å². The molecule has 3 heterocycles. The number of guanidine groups is 1. The molecule has 0 radical (unpaired) electrons. The number of nitrogens with two attached hydrogens (primary N) is 5. The number of carbonyl (C=O) groups is 1. The molecule has 264 valence electrons. The van der Waals surface area contributed by atoms with Crippen LogP contribution in [0, 0.1) is 5.92 Å². The minimum Gasteiger partial charge on any atom is -0.394 e. The lowest BCUT2D eigenvalue weighted by Gasteiger charge is -2.53. The Labute approximate surface area is 264 Å². The van der Waals surface area contributed by atoms with Crippen LogP contribution in [-0.4, -0.2) is 177 Å². The Morgan fingerprint density at radius 3 is 2.28 bits per heavy atom. The van der Waals surface area contributed by atoms with Crippen molar-refractivity contribution in [2.75, 3.05) is 26.2 Å². The summed E-state index contributed by atoms with van der Waals surface area (Å²) in [7, 11) is 0. The highest BCUT2D eigenvalue weighted by atomic mass is 16.7. The van der Waals surface area contributed by atoms with E-state index in [4.69, 9.17) is 42.9 Å². The first kappa shape index (κ1) is 35.4. The molecule has 3 aliphatic heterocycles. The van der Waals surface area contributed by atoms with Gasteiger partial charge in [0.25, 0.3) is 5.91 Å². The predicted molar refractivity (Wildman–Crippen MR) is 157 cm³/mol. The summed E-state index contributed by atoms with van der Waals surface area (Å²) in [6, 6.07) is -5.20. The molecule has 0 aromatic rings. The number of aliphatic imine (C=N–C) groups is 1. The van der Waals surface area contributed by atoms with Crippen molar-refractivity contribution in [3.63, 3.8) is 0 Å². The Morgan fingerprint density at radius 1 is 1.00 bits per heavy atom. The predicted octanol–water partition coefficient (Wildman–Crippen LogP) is -9.51. The number of rotatable bonds is 10. The number of carbonyl (C=O) groups excluding carboxylic acids is 1. The van der Waals surface area contributed by atoms with E-state index in [1.807, 2.05) is 0 Å². The van der Waals surface area contributed by atoms with Crippen molar-refractivity contribution in [2.45, 2.75) is 116 Å². The average molecular weight is 664 g/mol. The minimum atomic E-state index is -1.94. The van der Waals surface area contributed by atoms with Gasteiger partial charge < -0.3 is 94.6 Å². The largest absolute Gasteiger partial charge is 0.394 e. The molecule has 3 unspecified atom stereocenters. The fourth-order valence-electron chi connectivity index (χ4n) is 6.93. The van der Waals surface area contributed by atoms with E-state index in [1.54, 1.807) is 0 Å². The van der Waals surface area contributed by atoms with E-state index in [2.05, 4.69) is 20.9 Å². The molecule has 20 N–H and O–H groups in total. The van der Waals surface area contributed by atoms with Crippen LogP contribution in [0.2, 0.25) is 0 Å². The van der Waals surface area contributed by atoms with Gasteiger partial charge in [-0.25, -0.2) is 4.99 Å². The minimum absolute atomic E-state index is 0.0639. The first-order valence-electron chi connectivity index (χ1n) is 15.5. The van der Waals surface area contributed by atoms with Crippen LogP contribution in [0.5, 0.6) is 0 Å². The Balaban J connectivity index is 1.44. The van der Waals surface area contributed by atoms with Crippen LogP contribution < -0.4 is 44.6 Å². The fraction of sp³-hybridized carbons (Fsp3) is 0.923. The Kier molecular flexibility index (Phi) is 10.7. The van der Waals surface area contributed by atoms with Crippen molar-refractivity contribution in [3.05, 3.63) is 0 Å². The second kappa shape index (κ2) is 13.9. The van der Waals surface area contributed by atoms with E-state index in [0.29, 0.717) is 13.1 Å². The van der Waals surface area contributed by atoms with Crippen molar-refractivity contribution in [3.8, 4) is 0 Å². The highest BCUT2D eigenvalue weighted by molar-refractivity contribution is 5.90. The monoisotopic (exact) mass is 663 g/mol. The van der Waals surface area contributed by atoms with Crippen molar-refractivity contribution in [1.82, 2.24) is 16.0 Å². The smallest absolute Gasteiger partial charge is 0.254 e. The van der Waals surface area contributed by atoms with Crippen LogP contribution in [0.1, 0.15) is 12.8 Å². The van der Waals surface area contributed by atoms with Crippen LogP contribution in [0.25, 0.3) is 0 Å². The molecule has 17 atom stereocenters. The summed E-state index contributed by atoms with van der Waals surface area (Å²) < 4.78 is 17.9. The quantitative estimate of drug-likeness (QED) is 0.0761. The molecule has 5 rings (SSSR count). The van der Waals surface area contributed by atoms with Crippen LogP contribution in [-0.2, 0) is 19.0 Å². The summed E-state index contributed by atoms with van der Waals surface area (Å²) in [5.74, 6) is -2.19. The highest BCUT2D eigenvalue weighted by Gasteiger charge is 2.62. The molecule has 3 saturated heterocycles. The van der Waals surface area contributed by atoms with Gasteiger partial charge in [-0.2, -0.15) is 0 Å². The van der Waals surface area contributed by atoms with Gasteiger partial charge in [0.05, 0.1) is 49.1 Å². The number of nitrogens with one attached hydrogen (secondary N) is 3. The molecule has 1 amide bonds. The van der Waals surface area contributed by atoms with Gasteiger partial charge in [-0.15, -0.1) is 0 Å². The van der Waals surface area contributed by atoms with Gasteiger partial charge in [-0.1, -0.05) is 0 Å². The third kappa shape index (κ3) is 6.70. The number of hydrogen-bond acceptors (Lipinski definition) is 17. The average Bonchev–Trinajstić information content (AvgIpc) is 3.64. The van der Waals surface area contributed by atoms with E-state index < -0.39 is 115 Å². The van der Waals surface area contributed by atoms with E-state index in [-0.39, 0.29) is 31.4 Å². The third-order valence-corrected chi connectivity index (χ3v) is 9.89. The number of aliphatic hydroxyl groups is 7. The van der Waals surface area contributed by atoms with Gasteiger partial charge >= 0.3 is 0 Å². The molecule has 2 aliphatic carbocycles. The molecule has 5 aliphatic rings. The van der Waals surface area contributed by atoms with Crippen molar-refractivity contribution in [1.29, 1.82) is 0 Å². The van der Waals surface area contributed by atoms with E-state index >= 15 is 0 Å². The summed E-state index contributed by atoms with van der Waals surface area (Å²) in [5, 5.41) is 84.6. The number of nitrogens with zero attached hydrogens (tertiary/aromatic N) is 1. The molecule has 0 bridgehead atoms. The summed E-state index contributed by atoms with van der Waals surface area (Å²) in [4.78, 5) is 17.1. The molecule has 20 heteroatoms. The molecule has 0 aromatic carbocycles. The topological polar surface area (TPSA) is 365 Å². The van der Waals surface area contributed by atoms with E-state index in [9.17, 15) is 40.5 Å². The maximum Gasteiger partial charge on any atom is 0.254 e. The van der Waals surface area contributed by atoms with Crippen molar-refractivity contribution < 1.29 is 54.8 Å². The van der Waals surface area contributed by atoms with Crippen LogP contribution in [0.15, 0.2) is 4.99 Å². The van der Waals surface area contributed by atoms with E-state index in [1.165, 1.54) is 0 Å². The van der Waals surface area contributed by atoms with Gasteiger partial charge in [0.1, 0.15) is 36.6 Å². The molecule has 2 saturated carbocycles. The standard InChI is InChI=1S/C26H49N9O11/c27-3-10-17(38)20(41)15(33-7-4-32-5-7)22(44-10)13-8(28)1-9(34-24(42)26(43)2-12(26)35-25(30)31)21(18(13)39)46-23-19(40)14(29)16(37)11(6-36)45-23/h7-23,32-33,36-41,43H,1-6,27-29H2,(H,34,42)(H4,30,31,35)/t8-,9+,10+,11+,12?,13?,14-,15+,16+,17+,18-,19+,20+,21-,22+,23+,26?/m0/s1. The second-order valence-corrected chi connectivity index (χ2v) is 13.0. The molecule has 46 heavy (non-hydrogen) atoms. The summed E-state index contributed by atoms with van der Waals surface area (Å²) in [5.41, 5.74) is 27.3. The van der Waals surface area contributed by atoms with Crippen LogP contribution in [0.4, 0.5) is 0 Å². The Morgan fingerprint density at radius 2 is 1.70 bits per heavy atom. The lowest BCUT2D eigenvalue weighted by Crippen LogP contribution is -2.74. The Bertz CT molecular complexity index is 1100. The third-order valence-electron chi connectivity index (χ3n) is 9.89.